The summed E-state index contributed by atoms with van der Waals surface area (Å²) >= 11 is 6.03. The molecule has 0 bridgehead atoms. The molecule has 7 heteroatoms. The Labute approximate surface area is 209 Å². The first-order chi connectivity index (χ1) is 17.0. The molecule has 0 saturated heterocycles. The van der Waals surface area contributed by atoms with Gasteiger partial charge in [-0.05, 0) is 68.8 Å². The second kappa shape index (κ2) is 10.7. The number of para-hydroxylation sites is 3. The molecule has 0 saturated carbocycles. The Bertz CT molecular complexity index is 1400. The number of hydrogen-bond acceptors (Lipinski definition) is 4. The molecule has 1 heterocycles. The van der Waals surface area contributed by atoms with Crippen LogP contribution in [0.5, 0.6) is 5.75 Å². The number of carbonyl (C=O) groups is 1. The number of carbonyl (C=O) groups excluding carboxylic acids is 1. The fourth-order valence-corrected chi connectivity index (χ4v) is 4.32. The lowest BCUT2D eigenvalue weighted by atomic mass is 10.1. The Morgan fingerprint density at radius 3 is 2.43 bits per heavy atom. The van der Waals surface area contributed by atoms with Gasteiger partial charge >= 0.3 is 0 Å². The third kappa shape index (κ3) is 4.93. The van der Waals surface area contributed by atoms with Crippen molar-refractivity contribution in [2.45, 2.75) is 33.2 Å². The van der Waals surface area contributed by atoms with Crippen molar-refractivity contribution in [3.63, 3.8) is 0 Å². The number of halogens is 1. The number of aromatic nitrogens is 2. The molecule has 35 heavy (non-hydrogen) atoms. The maximum Gasteiger partial charge on any atom is 0.266 e. The van der Waals surface area contributed by atoms with Crippen LogP contribution in [0.3, 0.4) is 0 Å². The van der Waals surface area contributed by atoms with Crippen molar-refractivity contribution in [1.29, 1.82) is 0 Å². The molecule has 1 unspecified atom stereocenters. The summed E-state index contributed by atoms with van der Waals surface area (Å²) in [6.45, 7) is 6.77. The first-order valence-electron chi connectivity index (χ1n) is 11.8. The van der Waals surface area contributed by atoms with E-state index in [1.54, 1.807) is 39.8 Å². The summed E-state index contributed by atoms with van der Waals surface area (Å²) in [6, 6.07) is 21.0. The monoisotopic (exact) mass is 489 g/mol. The Kier molecular flexibility index (Phi) is 7.51. The van der Waals surface area contributed by atoms with Crippen molar-refractivity contribution >= 4 is 28.4 Å². The summed E-state index contributed by atoms with van der Waals surface area (Å²) in [4.78, 5) is 34.0. The zero-order valence-corrected chi connectivity index (χ0v) is 20.8. The van der Waals surface area contributed by atoms with Crippen LogP contribution in [0.1, 0.15) is 49.4 Å². The lowest BCUT2D eigenvalue weighted by Crippen LogP contribution is -2.38. The number of nitrogens with zero attached hydrogens (tertiary/aromatic N) is 3. The average Bonchev–Trinajstić information content (AvgIpc) is 2.88. The van der Waals surface area contributed by atoms with Crippen molar-refractivity contribution < 1.29 is 9.53 Å². The largest absolute Gasteiger partial charge is 0.492 e. The standard InChI is InChI=1S/C28H28ClN3O3/c1-4-18-31(27(33)20-14-16-21(29)17-15-20)19(3)26-30-23-11-7-6-10-22(23)28(34)32(26)24-12-8-9-13-25(24)35-5-2/h6-17,19H,4-5,18H2,1-3H3. The Balaban J connectivity index is 1.93. The minimum atomic E-state index is -0.495. The van der Waals surface area contributed by atoms with Crippen LogP contribution in [-0.2, 0) is 0 Å². The van der Waals surface area contributed by atoms with Gasteiger partial charge in [-0.3, -0.25) is 14.2 Å². The quantitative estimate of drug-likeness (QED) is 0.302. The number of fused-ring (bicyclic) bond motifs is 1. The summed E-state index contributed by atoms with van der Waals surface area (Å²) in [5.74, 6) is 0.897. The Morgan fingerprint density at radius 1 is 1.03 bits per heavy atom. The SMILES string of the molecule is CCCN(C(=O)c1ccc(Cl)cc1)C(C)c1nc2ccccc2c(=O)n1-c1ccccc1OCC. The van der Waals surface area contributed by atoms with Crippen LogP contribution in [0.15, 0.2) is 77.6 Å². The van der Waals surface area contributed by atoms with Gasteiger partial charge in [0.25, 0.3) is 11.5 Å². The predicted molar refractivity (Wildman–Crippen MR) is 140 cm³/mol. The van der Waals surface area contributed by atoms with Gasteiger partial charge in [-0.2, -0.15) is 0 Å². The second-order valence-corrected chi connectivity index (χ2v) is 8.65. The van der Waals surface area contributed by atoms with E-state index in [-0.39, 0.29) is 11.5 Å². The highest BCUT2D eigenvalue weighted by Gasteiger charge is 2.28. The lowest BCUT2D eigenvalue weighted by Gasteiger charge is -2.30. The van der Waals surface area contributed by atoms with E-state index < -0.39 is 6.04 Å². The molecule has 0 aliphatic heterocycles. The van der Waals surface area contributed by atoms with E-state index in [0.29, 0.717) is 51.9 Å². The molecule has 0 spiro atoms. The number of benzene rings is 3. The zero-order valence-electron chi connectivity index (χ0n) is 20.1. The highest BCUT2D eigenvalue weighted by Crippen LogP contribution is 2.29. The van der Waals surface area contributed by atoms with Crippen LogP contribution in [0.2, 0.25) is 5.02 Å². The molecule has 6 nitrogen and oxygen atoms in total. The van der Waals surface area contributed by atoms with Gasteiger partial charge < -0.3 is 9.64 Å². The lowest BCUT2D eigenvalue weighted by molar-refractivity contribution is 0.0681. The highest BCUT2D eigenvalue weighted by atomic mass is 35.5. The van der Waals surface area contributed by atoms with E-state index in [4.69, 9.17) is 21.3 Å². The summed E-state index contributed by atoms with van der Waals surface area (Å²) in [7, 11) is 0. The van der Waals surface area contributed by atoms with E-state index in [2.05, 4.69) is 0 Å². The fourth-order valence-electron chi connectivity index (χ4n) is 4.19. The first kappa shape index (κ1) is 24.5. The minimum absolute atomic E-state index is 0.150. The van der Waals surface area contributed by atoms with Gasteiger partial charge in [0.2, 0.25) is 0 Å². The molecule has 180 valence electrons. The van der Waals surface area contributed by atoms with Gasteiger partial charge in [0.1, 0.15) is 11.6 Å². The van der Waals surface area contributed by atoms with Crippen LogP contribution in [-0.4, -0.2) is 33.5 Å². The van der Waals surface area contributed by atoms with Crippen LogP contribution in [0.4, 0.5) is 0 Å². The van der Waals surface area contributed by atoms with Crippen LogP contribution >= 0.6 is 11.6 Å². The minimum Gasteiger partial charge on any atom is -0.492 e. The third-order valence-corrected chi connectivity index (χ3v) is 6.12. The smallest absolute Gasteiger partial charge is 0.266 e. The molecule has 1 amide bonds. The third-order valence-electron chi connectivity index (χ3n) is 5.87. The van der Waals surface area contributed by atoms with Crippen LogP contribution in [0.25, 0.3) is 16.6 Å². The van der Waals surface area contributed by atoms with Crippen molar-refractivity contribution in [2.75, 3.05) is 13.2 Å². The second-order valence-electron chi connectivity index (χ2n) is 8.21. The molecule has 0 aliphatic carbocycles. The van der Waals surface area contributed by atoms with E-state index >= 15 is 0 Å². The van der Waals surface area contributed by atoms with Gasteiger partial charge in [-0.15, -0.1) is 0 Å². The normalized spacial score (nSPS) is 11.9. The molecule has 0 radical (unpaired) electrons. The maximum atomic E-state index is 13.8. The van der Waals surface area contributed by atoms with Crippen molar-refractivity contribution in [3.8, 4) is 11.4 Å². The van der Waals surface area contributed by atoms with Crippen LogP contribution in [0, 0.1) is 0 Å². The van der Waals surface area contributed by atoms with Gasteiger partial charge in [-0.1, -0.05) is 42.8 Å². The molecule has 4 rings (SSSR count). The van der Waals surface area contributed by atoms with E-state index in [0.717, 1.165) is 6.42 Å². The van der Waals surface area contributed by atoms with E-state index in [1.165, 1.54) is 0 Å². The van der Waals surface area contributed by atoms with E-state index in [9.17, 15) is 9.59 Å². The van der Waals surface area contributed by atoms with Crippen molar-refractivity contribution in [3.05, 3.63) is 99.6 Å². The summed E-state index contributed by atoms with van der Waals surface area (Å²) in [5.41, 5.74) is 1.49. The molecule has 0 fully saturated rings. The Morgan fingerprint density at radius 2 is 1.71 bits per heavy atom. The van der Waals surface area contributed by atoms with Crippen LogP contribution < -0.4 is 10.3 Å². The molecule has 0 N–H and O–H groups in total. The van der Waals surface area contributed by atoms with Crippen molar-refractivity contribution in [2.24, 2.45) is 0 Å². The van der Waals surface area contributed by atoms with E-state index in [1.807, 2.05) is 63.2 Å². The van der Waals surface area contributed by atoms with Gasteiger partial charge in [0.15, 0.2) is 0 Å². The van der Waals surface area contributed by atoms with Gasteiger partial charge in [0, 0.05) is 17.1 Å². The molecular weight excluding hydrogens is 462 g/mol. The van der Waals surface area contributed by atoms with Gasteiger partial charge in [0.05, 0.1) is 29.2 Å². The number of rotatable bonds is 8. The number of ether oxygens (including phenoxy) is 1. The maximum absolute atomic E-state index is 13.8. The first-order valence-corrected chi connectivity index (χ1v) is 12.1. The number of hydrogen-bond donors (Lipinski definition) is 0. The topological polar surface area (TPSA) is 64.4 Å². The summed E-state index contributed by atoms with van der Waals surface area (Å²) < 4.78 is 7.43. The number of amides is 1. The zero-order chi connectivity index (χ0) is 24.9. The van der Waals surface area contributed by atoms with Crippen molar-refractivity contribution in [1.82, 2.24) is 14.5 Å². The average molecular weight is 490 g/mol. The van der Waals surface area contributed by atoms with Gasteiger partial charge in [-0.25, -0.2) is 4.98 Å². The molecule has 1 aromatic heterocycles. The molecule has 1 atom stereocenters. The molecule has 0 aliphatic rings. The Hall–Kier alpha value is -3.64. The highest BCUT2D eigenvalue weighted by molar-refractivity contribution is 6.30. The molecule has 3 aromatic carbocycles. The fraction of sp³-hybridized carbons (Fsp3) is 0.250. The predicted octanol–water partition coefficient (Wildman–Crippen LogP) is 6.05. The molecular formula is C28H28ClN3O3. The summed E-state index contributed by atoms with van der Waals surface area (Å²) in [6.07, 6.45) is 0.747. The molecule has 4 aromatic rings. The summed E-state index contributed by atoms with van der Waals surface area (Å²) in [5, 5.41) is 1.06.